The summed E-state index contributed by atoms with van der Waals surface area (Å²) in [6.45, 7) is 3.68. The van der Waals surface area contributed by atoms with Crippen molar-refractivity contribution >= 4 is 22.2 Å². The molecular weight excluding hydrogens is 274 g/mol. The number of nitrogen functional groups attached to an aromatic ring is 1. The third-order valence-electron chi connectivity index (χ3n) is 3.23. The number of rotatable bonds is 3. The maximum Gasteiger partial charge on any atom is 0.180 e. The third-order valence-corrected chi connectivity index (χ3v) is 4.04. The van der Waals surface area contributed by atoms with Crippen LogP contribution in [0.4, 0.5) is 10.8 Å². The summed E-state index contributed by atoms with van der Waals surface area (Å²) in [7, 11) is 1.67. The molecule has 1 unspecified atom stereocenters. The number of thiazole rings is 1. The summed E-state index contributed by atoms with van der Waals surface area (Å²) in [5.41, 5.74) is 6.75. The molecule has 1 aromatic heterocycles. The van der Waals surface area contributed by atoms with Crippen LogP contribution in [0.25, 0.3) is 0 Å². The highest BCUT2D eigenvalue weighted by Gasteiger charge is 2.24. The van der Waals surface area contributed by atoms with Crippen molar-refractivity contribution in [2.75, 3.05) is 24.3 Å². The smallest absolute Gasteiger partial charge is 0.180 e. The summed E-state index contributed by atoms with van der Waals surface area (Å²) in [4.78, 5) is 7.53. The zero-order chi connectivity index (χ0) is 14.1. The average Bonchev–Trinajstić information content (AvgIpc) is 2.83. The first-order valence-corrected chi connectivity index (χ1v) is 7.27. The molecule has 6 heteroatoms. The van der Waals surface area contributed by atoms with Crippen molar-refractivity contribution in [1.29, 1.82) is 0 Å². The lowest BCUT2D eigenvalue weighted by Gasteiger charge is -2.34. The van der Waals surface area contributed by atoms with E-state index in [4.69, 9.17) is 15.2 Å². The number of hydrogen-bond donors (Lipinski definition) is 1. The summed E-state index contributed by atoms with van der Waals surface area (Å²) >= 11 is 1.52. The molecule has 0 amide bonds. The van der Waals surface area contributed by atoms with Gasteiger partial charge in [0.25, 0.3) is 0 Å². The average molecular weight is 291 g/mol. The summed E-state index contributed by atoms with van der Waals surface area (Å²) in [5.74, 6) is 1.72. The molecule has 5 nitrogen and oxygen atoms in total. The number of nitrogens with zero attached hydrogens (tertiary/aromatic N) is 2. The summed E-state index contributed by atoms with van der Waals surface area (Å²) in [6, 6.07) is 5.88. The largest absolute Gasteiger partial charge is 0.497 e. The molecule has 0 fully saturated rings. The predicted molar refractivity (Wildman–Crippen MR) is 80.7 cm³/mol. The number of fused-ring (bicyclic) bond motifs is 1. The number of nitrogens with two attached hydrogens (primary N) is 1. The van der Waals surface area contributed by atoms with E-state index in [1.807, 2.05) is 24.4 Å². The quantitative estimate of drug-likeness (QED) is 0.941. The Labute approximate surface area is 121 Å². The molecule has 2 aromatic rings. The van der Waals surface area contributed by atoms with Crippen LogP contribution < -0.4 is 20.1 Å². The molecule has 1 aliphatic heterocycles. The monoisotopic (exact) mass is 291 g/mol. The minimum absolute atomic E-state index is 0.154. The van der Waals surface area contributed by atoms with Gasteiger partial charge in [-0.3, -0.25) is 0 Å². The van der Waals surface area contributed by atoms with E-state index in [1.165, 1.54) is 11.3 Å². The minimum atomic E-state index is 0.154. The van der Waals surface area contributed by atoms with E-state index >= 15 is 0 Å². The first kappa shape index (κ1) is 13.1. The second kappa shape index (κ2) is 5.20. The van der Waals surface area contributed by atoms with E-state index in [-0.39, 0.29) is 6.10 Å². The molecule has 0 aliphatic carbocycles. The van der Waals surface area contributed by atoms with E-state index in [2.05, 4.69) is 16.8 Å². The van der Waals surface area contributed by atoms with Crippen molar-refractivity contribution in [3.63, 3.8) is 0 Å². The Balaban J connectivity index is 1.91. The maximum absolute atomic E-state index is 5.87. The van der Waals surface area contributed by atoms with Crippen molar-refractivity contribution in [1.82, 2.24) is 4.98 Å². The van der Waals surface area contributed by atoms with Crippen LogP contribution in [-0.4, -0.2) is 24.7 Å². The highest BCUT2D eigenvalue weighted by atomic mass is 32.1. The van der Waals surface area contributed by atoms with Gasteiger partial charge < -0.3 is 20.1 Å². The van der Waals surface area contributed by atoms with Crippen molar-refractivity contribution in [3.05, 3.63) is 29.3 Å². The Kier molecular flexibility index (Phi) is 3.40. The van der Waals surface area contributed by atoms with Crippen molar-refractivity contribution < 1.29 is 9.47 Å². The molecule has 2 N–H and O–H groups in total. The molecule has 1 aromatic carbocycles. The normalized spacial score (nSPS) is 17.5. The zero-order valence-corrected chi connectivity index (χ0v) is 12.3. The van der Waals surface area contributed by atoms with Gasteiger partial charge in [0.1, 0.15) is 17.6 Å². The van der Waals surface area contributed by atoms with Crippen LogP contribution in [0.1, 0.15) is 11.8 Å². The van der Waals surface area contributed by atoms with Crippen LogP contribution in [0.3, 0.4) is 0 Å². The lowest BCUT2D eigenvalue weighted by Crippen LogP contribution is -2.37. The second-order valence-electron chi connectivity index (χ2n) is 4.81. The van der Waals surface area contributed by atoms with Gasteiger partial charge in [-0.2, -0.15) is 0 Å². The number of benzene rings is 1. The van der Waals surface area contributed by atoms with Gasteiger partial charge in [0, 0.05) is 17.1 Å². The van der Waals surface area contributed by atoms with E-state index in [0.29, 0.717) is 5.13 Å². The molecule has 1 atom stereocenters. The molecule has 2 heterocycles. The number of hydrogen-bond acceptors (Lipinski definition) is 6. The Morgan fingerprint density at radius 1 is 1.55 bits per heavy atom. The van der Waals surface area contributed by atoms with Gasteiger partial charge in [-0.15, -0.1) is 11.3 Å². The molecular formula is C14H17N3O2S. The number of aromatic nitrogens is 1. The van der Waals surface area contributed by atoms with Crippen LogP contribution in [0.15, 0.2) is 24.4 Å². The van der Waals surface area contributed by atoms with Gasteiger partial charge in [-0.05, 0) is 19.1 Å². The number of ether oxygens (including phenoxy) is 2. The van der Waals surface area contributed by atoms with Crippen molar-refractivity contribution in [2.24, 2.45) is 0 Å². The molecule has 0 radical (unpaired) electrons. The minimum Gasteiger partial charge on any atom is -0.497 e. The van der Waals surface area contributed by atoms with Crippen molar-refractivity contribution in [3.8, 4) is 11.5 Å². The molecule has 20 heavy (non-hydrogen) atoms. The Morgan fingerprint density at radius 3 is 3.10 bits per heavy atom. The zero-order valence-electron chi connectivity index (χ0n) is 11.5. The first-order valence-electron chi connectivity index (χ1n) is 6.45. The van der Waals surface area contributed by atoms with E-state index in [0.717, 1.165) is 35.2 Å². The SMILES string of the molecule is COc1ccc2c(c1)N(Cc1cnc(N)s1)CC(C)O2. The van der Waals surface area contributed by atoms with E-state index < -0.39 is 0 Å². The van der Waals surface area contributed by atoms with Gasteiger partial charge >= 0.3 is 0 Å². The molecule has 106 valence electrons. The molecule has 3 rings (SSSR count). The standard InChI is InChI=1S/C14H17N3O2S/c1-9-7-17(8-11-6-16-14(15)20-11)12-5-10(18-2)3-4-13(12)19-9/h3-6,9H,7-8H2,1-2H3,(H2,15,16). The summed E-state index contributed by atoms with van der Waals surface area (Å²) < 4.78 is 11.2. The fourth-order valence-electron chi connectivity index (χ4n) is 2.37. The Morgan fingerprint density at radius 2 is 2.40 bits per heavy atom. The highest BCUT2D eigenvalue weighted by molar-refractivity contribution is 7.15. The lowest BCUT2D eigenvalue weighted by molar-refractivity contribution is 0.211. The van der Waals surface area contributed by atoms with Crippen LogP contribution >= 0.6 is 11.3 Å². The Bertz CT molecular complexity index is 614. The lowest BCUT2D eigenvalue weighted by atomic mass is 10.2. The van der Waals surface area contributed by atoms with Gasteiger partial charge in [0.15, 0.2) is 5.13 Å². The highest BCUT2D eigenvalue weighted by Crippen LogP contribution is 2.37. The molecule has 0 bridgehead atoms. The molecule has 0 saturated carbocycles. The van der Waals surface area contributed by atoms with Gasteiger partial charge in [-0.25, -0.2) is 4.98 Å². The van der Waals surface area contributed by atoms with Gasteiger partial charge in [-0.1, -0.05) is 0 Å². The number of anilines is 2. The van der Waals surface area contributed by atoms with Crippen LogP contribution in [-0.2, 0) is 6.54 Å². The predicted octanol–water partition coefficient (Wildman–Crippen LogP) is 2.52. The fraction of sp³-hybridized carbons (Fsp3) is 0.357. The van der Waals surface area contributed by atoms with Crippen LogP contribution in [0.5, 0.6) is 11.5 Å². The van der Waals surface area contributed by atoms with Crippen LogP contribution in [0, 0.1) is 0 Å². The van der Waals surface area contributed by atoms with E-state index in [1.54, 1.807) is 7.11 Å². The van der Waals surface area contributed by atoms with E-state index in [9.17, 15) is 0 Å². The van der Waals surface area contributed by atoms with Crippen molar-refractivity contribution in [2.45, 2.75) is 19.6 Å². The van der Waals surface area contributed by atoms with Crippen LogP contribution in [0.2, 0.25) is 0 Å². The fourth-order valence-corrected chi connectivity index (χ4v) is 3.07. The number of methoxy groups -OCH3 is 1. The first-order chi connectivity index (χ1) is 9.65. The third kappa shape index (κ3) is 2.51. The molecule has 0 saturated heterocycles. The maximum atomic E-state index is 5.87. The molecule has 1 aliphatic rings. The van der Waals surface area contributed by atoms with Gasteiger partial charge in [0.05, 0.1) is 25.9 Å². The second-order valence-corrected chi connectivity index (χ2v) is 5.95. The topological polar surface area (TPSA) is 60.6 Å². The summed E-state index contributed by atoms with van der Waals surface area (Å²) in [6.07, 6.45) is 1.99. The van der Waals surface area contributed by atoms with Gasteiger partial charge in [0.2, 0.25) is 0 Å². The summed E-state index contributed by atoms with van der Waals surface area (Å²) in [5, 5.41) is 0.604. The Hall–Kier alpha value is -1.95. The molecule has 0 spiro atoms.